The highest BCUT2D eigenvalue weighted by Gasteiger charge is 2.17. The predicted octanol–water partition coefficient (Wildman–Crippen LogP) is 2.75. The third-order valence-electron chi connectivity index (χ3n) is 2.67. The lowest BCUT2D eigenvalue weighted by atomic mass is 10.2. The van der Waals surface area contributed by atoms with Gasteiger partial charge < -0.3 is 15.2 Å². The van der Waals surface area contributed by atoms with Gasteiger partial charge in [0.25, 0.3) is 0 Å². The summed E-state index contributed by atoms with van der Waals surface area (Å²) in [6.07, 6.45) is 2.41. The number of carboxylic acids is 1. The summed E-state index contributed by atoms with van der Waals surface area (Å²) >= 11 is 3.33. The second-order valence-electron chi connectivity index (χ2n) is 4.39. The molecular formula is C15H18BrNO4. The molecule has 0 fully saturated rings. The van der Waals surface area contributed by atoms with E-state index < -0.39 is 12.0 Å². The van der Waals surface area contributed by atoms with Crippen molar-refractivity contribution in [2.75, 3.05) is 6.61 Å². The van der Waals surface area contributed by atoms with Crippen LogP contribution in [0.3, 0.4) is 0 Å². The zero-order valence-electron chi connectivity index (χ0n) is 11.5. The molecule has 1 rings (SSSR count). The molecule has 0 saturated carbocycles. The Morgan fingerprint density at radius 1 is 1.38 bits per heavy atom. The molecule has 0 spiro atoms. The Labute approximate surface area is 132 Å². The van der Waals surface area contributed by atoms with Gasteiger partial charge in [-0.1, -0.05) is 22.0 Å². The van der Waals surface area contributed by atoms with Crippen molar-refractivity contribution >= 4 is 27.8 Å². The van der Waals surface area contributed by atoms with Crippen molar-refractivity contribution in [2.24, 2.45) is 0 Å². The van der Waals surface area contributed by atoms with Crippen molar-refractivity contribution < 1.29 is 19.4 Å². The summed E-state index contributed by atoms with van der Waals surface area (Å²) in [7, 11) is 0. The van der Waals surface area contributed by atoms with Crippen LogP contribution < -0.4 is 10.1 Å². The topological polar surface area (TPSA) is 75.6 Å². The number of aliphatic carboxylic acids is 1. The number of carbonyl (C=O) groups is 2. The molecule has 1 atom stereocenters. The van der Waals surface area contributed by atoms with Crippen molar-refractivity contribution in [3.8, 4) is 5.75 Å². The van der Waals surface area contributed by atoms with E-state index in [1.165, 1.54) is 6.08 Å². The van der Waals surface area contributed by atoms with Crippen molar-refractivity contribution in [3.63, 3.8) is 0 Å². The molecule has 21 heavy (non-hydrogen) atoms. The second kappa shape index (κ2) is 9.18. The third-order valence-corrected chi connectivity index (χ3v) is 3.19. The number of amides is 1. The largest absolute Gasteiger partial charge is 0.494 e. The monoisotopic (exact) mass is 355 g/mol. The van der Waals surface area contributed by atoms with Gasteiger partial charge in [0.2, 0.25) is 5.91 Å². The fourth-order valence-corrected chi connectivity index (χ4v) is 1.87. The van der Waals surface area contributed by atoms with Gasteiger partial charge in [0.05, 0.1) is 6.61 Å². The third kappa shape index (κ3) is 6.94. The molecule has 0 bridgehead atoms. The Morgan fingerprint density at radius 3 is 2.62 bits per heavy atom. The molecule has 0 aromatic heterocycles. The summed E-state index contributed by atoms with van der Waals surface area (Å²) in [4.78, 5) is 22.5. The highest BCUT2D eigenvalue weighted by atomic mass is 79.9. The summed E-state index contributed by atoms with van der Waals surface area (Å²) in [5.41, 5.74) is 0. The maximum absolute atomic E-state index is 11.6. The Bertz CT molecular complexity index is 487. The minimum atomic E-state index is -1.06. The molecule has 1 aromatic carbocycles. The number of carbonyl (C=O) groups excluding carboxylic acids is 1. The summed E-state index contributed by atoms with van der Waals surface area (Å²) in [6.45, 7) is 3.86. The van der Waals surface area contributed by atoms with Crippen LogP contribution in [0.5, 0.6) is 5.75 Å². The van der Waals surface area contributed by atoms with Crippen LogP contribution in [0.25, 0.3) is 0 Å². The Hall–Kier alpha value is -1.82. The lowest BCUT2D eigenvalue weighted by Gasteiger charge is -2.12. The fraction of sp³-hybridized carbons (Fsp3) is 0.333. The van der Waals surface area contributed by atoms with Gasteiger partial charge in [-0.3, -0.25) is 4.79 Å². The van der Waals surface area contributed by atoms with Crippen LogP contribution >= 0.6 is 15.9 Å². The summed E-state index contributed by atoms with van der Waals surface area (Å²) in [6, 6.07) is 6.48. The summed E-state index contributed by atoms with van der Waals surface area (Å²) in [5, 5.41) is 11.4. The van der Waals surface area contributed by atoms with E-state index in [-0.39, 0.29) is 18.7 Å². The molecular weight excluding hydrogens is 338 g/mol. The number of carboxylic acid groups (broad SMARTS) is 1. The van der Waals surface area contributed by atoms with E-state index >= 15 is 0 Å². The van der Waals surface area contributed by atoms with E-state index in [2.05, 4.69) is 27.8 Å². The lowest BCUT2D eigenvalue weighted by molar-refractivity contribution is -0.141. The molecule has 5 nitrogen and oxygen atoms in total. The first-order valence-corrected chi connectivity index (χ1v) is 7.33. The van der Waals surface area contributed by atoms with Gasteiger partial charge in [0.15, 0.2) is 0 Å². The standard InChI is InChI=1S/C15H18BrNO4/c1-2-4-13(15(19)20)17-14(18)5-3-10-21-12-8-6-11(16)7-9-12/h2,6-9,13H,1,3-5,10H2,(H,17,18)(H,19,20). The van der Waals surface area contributed by atoms with Crippen LogP contribution in [-0.2, 0) is 9.59 Å². The first kappa shape index (κ1) is 17.2. The van der Waals surface area contributed by atoms with Crippen LogP contribution in [0.1, 0.15) is 19.3 Å². The number of halogens is 1. The van der Waals surface area contributed by atoms with Gasteiger partial charge in [-0.25, -0.2) is 4.79 Å². The Balaban J connectivity index is 2.25. The second-order valence-corrected chi connectivity index (χ2v) is 5.30. The zero-order chi connectivity index (χ0) is 15.7. The minimum Gasteiger partial charge on any atom is -0.494 e. The van der Waals surface area contributed by atoms with E-state index in [1.807, 2.05) is 24.3 Å². The number of nitrogens with one attached hydrogen (secondary N) is 1. The normalized spacial score (nSPS) is 11.5. The van der Waals surface area contributed by atoms with Crippen molar-refractivity contribution in [1.29, 1.82) is 0 Å². The van der Waals surface area contributed by atoms with Crippen LogP contribution in [0.15, 0.2) is 41.4 Å². The average molecular weight is 356 g/mol. The smallest absolute Gasteiger partial charge is 0.326 e. The molecule has 0 aliphatic rings. The van der Waals surface area contributed by atoms with Gasteiger partial charge in [-0.2, -0.15) is 0 Å². The molecule has 114 valence electrons. The zero-order valence-corrected chi connectivity index (χ0v) is 13.1. The van der Waals surface area contributed by atoms with E-state index in [4.69, 9.17) is 9.84 Å². The number of benzene rings is 1. The molecule has 0 saturated heterocycles. The number of rotatable bonds is 9. The van der Waals surface area contributed by atoms with Gasteiger partial charge in [0, 0.05) is 10.9 Å². The number of hydrogen-bond acceptors (Lipinski definition) is 3. The molecule has 1 unspecified atom stereocenters. The Morgan fingerprint density at radius 2 is 2.05 bits per heavy atom. The minimum absolute atomic E-state index is 0.205. The van der Waals surface area contributed by atoms with Gasteiger partial charge >= 0.3 is 5.97 Å². The maximum Gasteiger partial charge on any atom is 0.326 e. The number of hydrogen-bond donors (Lipinski definition) is 2. The van der Waals surface area contributed by atoms with Crippen LogP contribution in [0, 0.1) is 0 Å². The van der Waals surface area contributed by atoms with Crippen LogP contribution in [0.4, 0.5) is 0 Å². The highest BCUT2D eigenvalue weighted by Crippen LogP contribution is 2.16. The molecule has 6 heteroatoms. The van der Waals surface area contributed by atoms with Crippen molar-refractivity contribution in [2.45, 2.75) is 25.3 Å². The number of ether oxygens (including phenoxy) is 1. The highest BCUT2D eigenvalue weighted by molar-refractivity contribution is 9.10. The van der Waals surface area contributed by atoms with Gasteiger partial charge in [0.1, 0.15) is 11.8 Å². The van der Waals surface area contributed by atoms with E-state index in [0.717, 1.165) is 10.2 Å². The first-order valence-electron chi connectivity index (χ1n) is 6.54. The van der Waals surface area contributed by atoms with E-state index in [0.29, 0.717) is 13.0 Å². The molecule has 0 aliphatic carbocycles. The van der Waals surface area contributed by atoms with E-state index in [1.54, 1.807) is 0 Å². The van der Waals surface area contributed by atoms with Crippen LogP contribution in [-0.4, -0.2) is 29.6 Å². The molecule has 1 amide bonds. The van der Waals surface area contributed by atoms with Crippen molar-refractivity contribution in [3.05, 3.63) is 41.4 Å². The molecule has 0 radical (unpaired) electrons. The summed E-state index contributed by atoms with van der Waals surface area (Å²) < 4.78 is 6.45. The Kier molecular flexibility index (Phi) is 7.53. The quantitative estimate of drug-likeness (QED) is 0.527. The SMILES string of the molecule is C=CCC(NC(=O)CCCOc1ccc(Br)cc1)C(=O)O. The van der Waals surface area contributed by atoms with Gasteiger partial charge in [-0.05, 0) is 37.1 Å². The van der Waals surface area contributed by atoms with E-state index in [9.17, 15) is 9.59 Å². The average Bonchev–Trinajstić information content (AvgIpc) is 2.45. The maximum atomic E-state index is 11.6. The molecule has 0 aliphatic heterocycles. The first-order chi connectivity index (χ1) is 10.0. The lowest BCUT2D eigenvalue weighted by Crippen LogP contribution is -2.40. The van der Waals surface area contributed by atoms with Gasteiger partial charge in [-0.15, -0.1) is 6.58 Å². The fourth-order valence-electron chi connectivity index (χ4n) is 1.61. The van der Waals surface area contributed by atoms with Crippen molar-refractivity contribution in [1.82, 2.24) is 5.32 Å². The predicted molar refractivity (Wildman–Crippen MR) is 83.3 cm³/mol. The molecule has 2 N–H and O–H groups in total. The molecule has 0 heterocycles. The molecule has 1 aromatic rings. The van der Waals surface area contributed by atoms with Crippen LogP contribution in [0.2, 0.25) is 0 Å². The summed E-state index contributed by atoms with van der Waals surface area (Å²) in [5.74, 6) is -0.633.